The van der Waals surface area contributed by atoms with E-state index in [0.717, 1.165) is 81.7 Å². The van der Waals surface area contributed by atoms with Crippen molar-refractivity contribution in [2.75, 3.05) is 61.8 Å². The molecular formula is C41H47FN8O6. The highest BCUT2D eigenvalue weighted by Gasteiger charge is 2.45. The number of aromatic amines is 1. The molecule has 0 bridgehead atoms. The van der Waals surface area contributed by atoms with Gasteiger partial charge in [-0.15, -0.1) is 0 Å². The van der Waals surface area contributed by atoms with Crippen molar-refractivity contribution in [1.82, 2.24) is 25.0 Å². The third-order valence-corrected chi connectivity index (χ3v) is 11.0. The van der Waals surface area contributed by atoms with Crippen molar-refractivity contribution in [3.05, 3.63) is 76.4 Å². The monoisotopic (exact) mass is 766 g/mol. The third-order valence-electron chi connectivity index (χ3n) is 11.0. The predicted molar refractivity (Wildman–Crippen MR) is 209 cm³/mol. The fraction of sp³-hybridized carbons (Fsp3) is 0.415. The first kappa shape index (κ1) is 38.6. The van der Waals surface area contributed by atoms with Gasteiger partial charge in [0, 0.05) is 68.0 Å². The van der Waals surface area contributed by atoms with E-state index in [9.17, 15) is 33.2 Å². The van der Waals surface area contributed by atoms with Crippen molar-refractivity contribution in [3.8, 4) is 0 Å². The quantitative estimate of drug-likeness (QED) is 0.0855. The summed E-state index contributed by atoms with van der Waals surface area (Å²) in [6.45, 7) is 7.28. The highest BCUT2D eigenvalue weighted by Crippen LogP contribution is 2.35. The lowest BCUT2D eigenvalue weighted by Gasteiger charge is -2.34. The number of fused-ring (bicyclic) bond motifs is 2. The summed E-state index contributed by atoms with van der Waals surface area (Å²) in [4.78, 5) is 84.4. The number of hydrogen-bond donors (Lipinski definition) is 5. The van der Waals surface area contributed by atoms with Crippen molar-refractivity contribution >= 4 is 64.2 Å². The number of hydrogen-bond acceptors (Lipinski definition) is 9. The van der Waals surface area contributed by atoms with Crippen LogP contribution in [0.3, 0.4) is 0 Å². The van der Waals surface area contributed by atoms with Crippen LogP contribution in [0.2, 0.25) is 0 Å². The van der Waals surface area contributed by atoms with Gasteiger partial charge >= 0.3 is 0 Å². The van der Waals surface area contributed by atoms with E-state index in [0.29, 0.717) is 47.0 Å². The molecule has 0 spiro atoms. The van der Waals surface area contributed by atoms with E-state index in [-0.39, 0.29) is 35.8 Å². The van der Waals surface area contributed by atoms with Crippen molar-refractivity contribution in [2.45, 2.75) is 64.3 Å². The zero-order valence-corrected chi connectivity index (χ0v) is 31.5. The van der Waals surface area contributed by atoms with Crippen LogP contribution in [0, 0.1) is 12.7 Å². The molecule has 7 rings (SSSR count). The Balaban J connectivity index is 0.757. The zero-order chi connectivity index (χ0) is 39.3. The number of anilines is 3. The Morgan fingerprint density at radius 3 is 2.41 bits per heavy atom. The molecule has 4 aliphatic heterocycles. The van der Waals surface area contributed by atoms with Gasteiger partial charge in [-0.3, -0.25) is 43.9 Å². The maximum absolute atomic E-state index is 13.8. The number of nitrogens with one attached hydrogen (secondary N) is 5. The summed E-state index contributed by atoms with van der Waals surface area (Å²) in [5, 5.41) is 11.3. The fourth-order valence-corrected chi connectivity index (χ4v) is 7.86. The number of imide groups is 2. The van der Waals surface area contributed by atoms with E-state index < -0.39 is 35.5 Å². The summed E-state index contributed by atoms with van der Waals surface area (Å²) in [5.41, 5.74) is 4.67. The van der Waals surface area contributed by atoms with Gasteiger partial charge in [0.2, 0.25) is 17.7 Å². The van der Waals surface area contributed by atoms with Gasteiger partial charge in [-0.25, -0.2) is 4.39 Å². The first-order chi connectivity index (χ1) is 27.1. The van der Waals surface area contributed by atoms with Crippen LogP contribution in [-0.2, 0) is 19.2 Å². The number of piperidine rings is 1. The minimum absolute atomic E-state index is 0.0837. The SMILES string of the molecule is Cc1c(NC(=O)CN2CCN(CCCCCCCCNc3cccc4c3C(=O)N(C3CCC(=O)NC3=O)C4=O)CC2)c[nH]c1/C=C1\C(=O)Nc2ccc(F)cc21. The number of nitrogens with zero attached hydrogens (tertiary/aromatic N) is 3. The van der Waals surface area contributed by atoms with Crippen molar-refractivity contribution in [1.29, 1.82) is 0 Å². The minimum atomic E-state index is -0.984. The van der Waals surface area contributed by atoms with E-state index in [4.69, 9.17) is 0 Å². The molecule has 6 amide bonds. The van der Waals surface area contributed by atoms with Crippen LogP contribution >= 0.6 is 0 Å². The highest BCUT2D eigenvalue weighted by atomic mass is 19.1. The summed E-state index contributed by atoms with van der Waals surface area (Å²) in [5.74, 6) is -2.86. The number of amides is 6. The molecule has 1 aromatic heterocycles. The van der Waals surface area contributed by atoms with Gasteiger partial charge < -0.3 is 25.8 Å². The Labute approximate surface area is 324 Å². The third kappa shape index (κ3) is 8.43. The summed E-state index contributed by atoms with van der Waals surface area (Å²) in [6, 6.07) is 8.30. The lowest BCUT2D eigenvalue weighted by molar-refractivity contribution is -0.136. The van der Waals surface area contributed by atoms with Gasteiger partial charge in [0.1, 0.15) is 11.9 Å². The van der Waals surface area contributed by atoms with Gasteiger partial charge in [-0.1, -0.05) is 31.7 Å². The van der Waals surface area contributed by atoms with Crippen molar-refractivity contribution in [3.63, 3.8) is 0 Å². The lowest BCUT2D eigenvalue weighted by atomic mass is 10.0. The molecule has 56 heavy (non-hydrogen) atoms. The number of carbonyl (C=O) groups excluding carboxylic acids is 6. The number of H-pyrrole nitrogens is 1. The fourth-order valence-electron chi connectivity index (χ4n) is 7.86. The second-order valence-electron chi connectivity index (χ2n) is 14.8. The van der Waals surface area contributed by atoms with Gasteiger partial charge in [0.15, 0.2) is 0 Å². The van der Waals surface area contributed by atoms with Gasteiger partial charge in [-0.2, -0.15) is 0 Å². The molecule has 0 saturated carbocycles. The Morgan fingerprint density at radius 1 is 0.875 bits per heavy atom. The van der Waals surface area contributed by atoms with Crippen molar-refractivity contribution < 1.29 is 33.2 Å². The summed E-state index contributed by atoms with van der Waals surface area (Å²) in [7, 11) is 0. The van der Waals surface area contributed by atoms with Gasteiger partial charge in [0.25, 0.3) is 17.7 Å². The number of aromatic nitrogens is 1. The van der Waals surface area contributed by atoms with E-state index in [1.54, 1.807) is 36.5 Å². The van der Waals surface area contributed by atoms with Crippen LogP contribution in [-0.4, -0.2) is 107 Å². The zero-order valence-electron chi connectivity index (χ0n) is 31.5. The molecule has 5 heterocycles. The lowest BCUT2D eigenvalue weighted by Crippen LogP contribution is -2.54. The van der Waals surface area contributed by atoms with Crippen LogP contribution in [0.5, 0.6) is 0 Å². The molecule has 1 unspecified atom stereocenters. The maximum atomic E-state index is 13.8. The molecular weight excluding hydrogens is 719 g/mol. The summed E-state index contributed by atoms with van der Waals surface area (Å²) in [6.07, 6.45) is 10.0. The predicted octanol–water partition coefficient (Wildman–Crippen LogP) is 4.36. The van der Waals surface area contributed by atoms with Crippen LogP contribution in [0.15, 0.2) is 42.6 Å². The molecule has 0 aliphatic carbocycles. The Hall–Kier alpha value is -5.67. The Kier molecular flexibility index (Phi) is 11.7. The number of carbonyl (C=O) groups is 6. The van der Waals surface area contributed by atoms with E-state index in [1.807, 2.05) is 6.92 Å². The first-order valence-corrected chi connectivity index (χ1v) is 19.4. The number of rotatable bonds is 15. The standard InChI is InChI=1S/C41H47FN8O6/c1-25-32(22-29-28-21-26(42)11-12-30(28)46-38(29)53)44-23-33(25)45-36(52)24-49-19-17-48(18-20-49)16-7-5-3-2-4-6-15-43-31-10-8-9-27-37(31)41(56)50(40(27)55)34-13-14-35(51)47-39(34)54/h8-12,21-23,34,43-44H,2-7,13-20,24H2,1H3,(H,45,52)(H,46,53)(H,47,51,54)/b29-22-. The molecule has 2 fully saturated rings. The van der Waals surface area contributed by atoms with Crippen molar-refractivity contribution in [2.24, 2.45) is 0 Å². The molecule has 1 atom stereocenters. The molecule has 3 aromatic rings. The maximum Gasteiger partial charge on any atom is 0.264 e. The average molecular weight is 767 g/mol. The van der Waals surface area contributed by atoms with E-state index in [2.05, 4.69) is 36.1 Å². The summed E-state index contributed by atoms with van der Waals surface area (Å²) < 4.78 is 13.8. The van der Waals surface area contributed by atoms with Crippen LogP contribution in [0.25, 0.3) is 11.6 Å². The number of piperazine rings is 1. The highest BCUT2D eigenvalue weighted by molar-refractivity contribution is 6.35. The van der Waals surface area contributed by atoms with E-state index >= 15 is 0 Å². The molecule has 5 N–H and O–H groups in total. The first-order valence-electron chi connectivity index (χ1n) is 19.4. The normalized spacial score (nSPS) is 19.3. The molecule has 294 valence electrons. The molecule has 14 nitrogen and oxygen atoms in total. The number of benzene rings is 2. The van der Waals surface area contributed by atoms with Crippen LogP contribution in [0.1, 0.15) is 88.9 Å². The smallest absolute Gasteiger partial charge is 0.264 e. The largest absolute Gasteiger partial charge is 0.384 e. The second-order valence-corrected chi connectivity index (χ2v) is 14.8. The van der Waals surface area contributed by atoms with Crippen LogP contribution < -0.4 is 21.3 Å². The molecule has 2 saturated heterocycles. The van der Waals surface area contributed by atoms with E-state index in [1.165, 1.54) is 12.1 Å². The molecule has 4 aliphatic rings. The minimum Gasteiger partial charge on any atom is -0.384 e. The Bertz CT molecular complexity index is 2090. The Morgan fingerprint density at radius 2 is 1.62 bits per heavy atom. The van der Waals surface area contributed by atoms with Gasteiger partial charge in [0.05, 0.1) is 28.9 Å². The van der Waals surface area contributed by atoms with Gasteiger partial charge in [-0.05, 0) is 74.7 Å². The summed E-state index contributed by atoms with van der Waals surface area (Å²) >= 11 is 0. The molecule has 2 aromatic carbocycles. The number of halogens is 1. The number of unbranched alkanes of at least 4 members (excludes halogenated alkanes) is 5. The molecule has 15 heteroatoms. The van der Waals surface area contributed by atoms with Crippen LogP contribution in [0.4, 0.5) is 21.5 Å². The molecule has 0 radical (unpaired) electrons. The topological polar surface area (TPSA) is 176 Å². The second kappa shape index (κ2) is 17.0. The average Bonchev–Trinajstić information content (AvgIpc) is 3.77.